The van der Waals surface area contributed by atoms with Crippen LogP contribution >= 0.6 is 0 Å². The van der Waals surface area contributed by atoms with E-state index < -0.39 is 36.0 Å². The van der Waals surface area contributed by atoms with Crippen LogP contribution in [0, 0.1) is 17.8 Å². The molecule has 4 aliphatic rings. The number of epoxide rings is 1. The molecule has 0 aromatic carbocycles. The number of aliphatic hydroxyl groups is 3. The Kier molecular flexibility index (Phi) is 12.9. The Morgan fingerprint density at radius 3 is 2.50 bits per heavy atom. The second-order valence-corrected chi connectivity index (χ2v) is 14.5. The zero-order chi connectivity index (χ0) is 33.6. The first-order valence-electron chi connectivity index (χ1n) is 17.4. The third kappa shape index (κ3) is 10.6. The Morgan fingerprint density at radius 1 is 1.15 bits per heavy atom. The van der Waals surface area contributed by atoms with Gasteiger partial charge in [-0.2, -0.15) is 0 Å². The first-order valence-corrected chi connectivity index (χ1v) is 17.4. The third-order valence-corrected chi connectivity index (χ3v) is 10.2. The molecule has 4 rings (SSSR count). The fraction of sp³-hybridized carbons (Fsp3) is 0.778. The number of esters is 1. The van der Waals surface area contributed by atoms with Crippen LogP contribution in [0.15, 0.2) is 36.0 Å². The van der Waals surface area contributed by atoms with Crippen molar-refractivity contribution < 1.29 is 39.1 Å². The molecule has 0 radical (unpaired) electrons. The largest absolute Gasteiger partial charge is 0.457 e. The molecule has 260 valence electrons. The van der Waals surface area contributed by atoms with Gasteiger partial charge >= 0.3 is 12.1 Å². The number of allylic oxidation sites excluding steroid dienone is 2. The lowest BCUT2D eigenvalue weighted by Gasteiger charge is -2.35. The summed E-state index contributed by atoms with van der Waals surface area (Å²) in [6, 6.07) is 0.684. The number of carbonyl (C=O) groups is 2. The van der Waals surface area contributed by atoms with Crippen LogP contribution in [0.4, 0.5) is 4.79 Å². The molecule has 3 fully saturated rings. The fourth-order valence-electron chi connectivity index (χ4n) is 6.70. The van der Waals surface area contributed by atoms with Crippen LogP contribution in [-0.2, 0) is 19.0 Å². The fourth-order valence-corrected chi connectivity index (χ4v) is 6.70. The van der Waals surface area contributed by atoms with Crippen molar-refractivity contribution in [2.75, 3.05) is 26.2 Å². The zero-order valence-corrected chi connectivity index (χ0v) is 28.7. The number of rotatable bonds is 10. The van der Waals surface area contributed by atoms with Crippen molar-refractivity contribution in [1.29, 1.82) is 0 Å². The highest BCUT2D eigenvalue weighted by Gasteiger charge is 2.47. The molecule has 1 saturated carbocycles. The Hall–Kier alpha value is -2.24. The first kappa shape index (κ1) is 36.6. The first-order chi connectivity index (χ1) is 21.8. The van der Waals surface area contributed by atoms with E-state index in [-0.39, 0.29) is 42.5 Å². The predicted molar refractivity (Wildman–Crippen MR) is 176 cm³/mol. The summed E-state index contributed by atoms with van der Waals surface area (Å²) in [4.78, 5) is 30.2. The Bertz CT molecular complexity index is 1110. The molecule has 3 N–H and O–H groups in total. The van der Waals surface area contributed by atoms with E-state index >= 15 is 0 Å². The quantitative estimate of drug-likeness (QED) is 0.137. The van der Waals surface area contributed by atoms with Crippen molar-refractivity contribution in [1.82, 2.24) is 9.80 Å². The highest BCUT2D eigenvalue weighted by Crippen LogP contribution is 2.37. The molecule has 1 amide bonds. The number of hydrogen-bond donors (Lipinski definition) is 3. The van der Waals surface area contributed by atoms with Crippen LogP contribution in [0.2, 0.25) is 0 Å². The van der Waals surface area contributed by atoms with E-state index in [4.69, 9.17) is 14.2 Å². The standard InChI is InChI=1S/C36H58N2O8/c1-7-29(40)26(5)34-31(44-34)22-36(6,43)16-8-9-24(3)33-25(4)11-15-30(23(2)10-14-28(39)21-32(41)46-33)45-35(42)38-19-17-37(18-20-38)27-12-13-27/h8-9,11,15-16,23,25-31,33-34,39-40,43H,7,10,12-14,17-22H2,1-6H3. The van der Waals surface area contributed by atoms with E-state index in [9.17, 15) is 24.9 Å². The number of hydrogen-bond acceptors (Lipinski definition) is 9. The summed E-state index contributed by atoms with van der Waals surface area (Å²) >= 11 is 0. The number of carbonyl (C=O) groups excluding carboxylic acids is 2. The van der Waals surface area contributed by atoms with Crippen molar-refractivity contribution in [3.63, 3.8) is 0 Å². The lowest BCUT2D eigenvalue weighted by Crippen LogP contribution is -2.50. The number of nitrogens with zero attached hydrogens (tertiary/aromatic N) is 2. The Labute approximate surface area is 275 Å². The van der Waals surface area contributed by atoms with Gasteiger partial charge in [-0.1, -0.05) is 52.0 Å². The summed E-state index contributed by atoms with van der Waals surface area (Å²) in [5.74, 6) is -0.750. The molecule has 0 bridgehead atoms. The average Bonchev–Trinajstić information content (AvgIpc) is 3.95. The highest BCUT2D eigenvalue weighted by atomic mass is 16.6. The van der Waals surface area contributed by atoms with E-state index in [1.54, 1.807) is 24.0 Å². The minimum atomic E-state index is -1.12. The molecular formula is C36H58N2O8. The maximum absolute atomic E-state index is 13.2. The van der Waals surface area contributed by atoms with Crippen molar-refractivity contribution in [3.05, 3.63) is 36.0 Å². The number of aliphatic hydroxyl groups excluding tert-OH is 2. The van der Waals surface area contributed by atoms with Gasteiger partial charge in [-0.05, 0) is 63.5 Å². The number of cyclic esters (lactones) is 1. The molecule has 10 heteroatoms. The summed E-state index contributed by atoms with van der Waals surface area (Å²) in [6.07, 6.45) is 10.8. The number of piperazine rings is 1. The summed E-state index contributed by atoms with van der Waals surface area (Å²) in [6.45, 7) is 14.5. The van der Waals surface area contributed by atoms with E-state index in [0.717, 1.165) is 18.7 Å². The topological polar surface area (TPSA) is 132 Å². The second kappa shape index (κ2) is 16.2. The molecule has 3 heterocycles. The van der Waals surface area contributed by atoms with Gasteiger partial charge in [-0.25, -0.2) is 4.79 Å². The molecule has 0 aromatic rings. The molecule has 46 heavy (non-hydrogen) atoms. The van der Waals surface area contributed by atoms with Crippen molar-refractivity contribution in [2.45, 2.75) is 135 Å². The molecule has 0 spiro atoms. The summed E-state index contributed by atoms with van der Waals surface area (Å²) in [5, 5.41) is 31.7. The van der Waals surface area contributed by atoms with Crippen LogP contribution in [0.5, 0.6) is 0 Å². The van der Waals surface area contributed by atoms with Gasteiger partial charge < -0.3 is 34.4 Å². The molecule has 10 unspecified atom stereocenters. The molecule has 10 atom stereocenters. The van der Waals surface area contributed by atoms with E-state index in [0.29, 0.717) is 44.8 Å². The maximum Gasteiger partial charge on any atom is 0.410 e. The zero-order valence-electron chi connectivity index (χ0n) is 28.7. The predicted octanol–water partition coefficient (Wildman–Crippen LogP) is 4.37. The normalized spacial score (nSPS) is 34.6. The minimum Gasteiger partial charge on any atom is -0.457 e. The van der Waals surface area contributed by atoms with Crippen molar-refractivity contribution >= 4 is 12.1 Å². The summed E-state index contributed by atoms with van der Waals surface area (Å²) in [5.41, 5.74) is -0.344. The summed E-state index contributed by atoms with van der Waals surface area (Å²) in [7, 11) is 0. The van der Waals surface area contributed by atoms with Gasteiger partial charge in [0, 0.05) is 50.5 Å². The van der Waals surface area contributed by atoms with Crippen LogP contribution in [0.3, 0.4) is 0 Å². The molecule has 0 aromatic heterocycles. The molecular weight excluding hydrogens is 588 g/mol. The van der Waals surface area contributed by atoms with Crippen LogP contribution in [0.1, 0.15) is 86.5 Å². The van der Waals surface area contributed by atoms with Crippen molar-refractivity contribution in [2.24, 2.45) is 17.8 Å². The number of ether oxygens (including phenoxy) is 3. The van der Waals surface area contributed by atoms with Gasteiger partial charge in [0.05, 0.1) is 36.4 Å². The molecule has 2 saturated heterocycles. The second-order valence-electron chi connectivity index (χ2n) is 14.5. The smallest absolute Gasteiger partial charge is 0.410 e. The Balaban J connectivity index is 1.40. The maximum atomic E-state index is 13.2. The lowest BCUT2D eigenvalue weighted by molar-refractivity contribution is -0.151. The SMILES string of the molecule is CCC(O)C(C)C1OC1CC(C)(O)C=CC=C(C)C1OC(=O)CC(O)CCC(C)C(OC(=O)N2CCN(C3CC3)CC2)C=CC1C. The Morgan fingerprint density at radius 2 is 1.85 bits per heavy atom. The van der Waals surface area contributed by atoms with Gasteiger partial charge in [-0.3, -0.25) is 9.69 Å². The van der Waals surface area contributed by atoms with Crippen LogP contribution in [0.25, 0.3) is 0 Å². The lowest BCUT2D eigenvalue weighted by atomic mass is 9.91. The summed E-state index contributed by atoms with van der Waals surface area (Å²) < 4.78 is 17.7. The number of amides is 1. The van der Waals surface area contributed by atoms with E-state index in [2.05, 4.69) is 4.90 Å². The van der Waals surface area contributed by atoms with Gasteiger partial charge in [0.15, 0.2) is 0 Å². The molecule has 10 nitrogen and oxygen atoms in total. The van der Waals surface area contributed by atoms with Crippen LogP contribution in [-0.4, -0.2) is 112 Å². The third-order valence-electron chi connectivity index (χ3n) is 10.2. The van der Waals surface area contributed by atoms with Crippen LogP contribution < -0.4 is 0 Å². The average molecular weight is 647 g/mol. The monoisotopic (exact) mass is 646 g/mol. The van der Waals surface area contributed by atoms with Gasteiger partial charge in [0.2, 0.25) is 0 Å². The van der Waals surface area contributed by atoms with E-state index in [1.165, 1.54) is 12.8 Å². The van der Waals surface area contributed by atoms with Gasteiger partial charge in [0.25, 0.3) is 0 Å². The van der Waals surface area contributed by atoms with Gasteiger partial charge in [-0.15, -0.1) is 0 Å². The van der Waals surface area contributed by atoms with E-state index in [1.807, 2.05) is 52.8 Å². The highest BCUT2D eigenvalue weighted by molar-refractivity contribution is 5.70. The van der Waals surface area contributed by atoms with Gasteiger partial charge in [0.1, 0.15) is 12.2 Å². The molecule has 3 aliphatic heterocycles. The molecule has 1 aliphatic carbocycles. The van der Waals surface area contributed by atoms with Crippen molar-refractivity contribution in [3.8, 4) is 0 Å². The minimum absolute atomic E-state index is 0.00884.